The van der Waals surface area contributed by atoms with Crippen molar-refractivity contribution in [3.8, 4) is 10.6 Å². The van der Waals surface area contributed by atoms with Crippen molar-refractivity contribution >= 4 is 27.8 Å². The SMILES string of the molecule is CCc1cccc(-c2nc(C(O)Nc3cnn(C)c3N3CCC[C@@H](N)CC3)c(N)s2)c1F. The van der Waals surface area contributed by atoms with Crippen molar-refractivity contribution in [2.24, 2.45) is 12.8 Å². The van der Waals surface area contributed by atoms with Crippen molar-refractivity contribution < 1.29 is 9.50 Å². The highest BCUT2D eigenvalue weighted by Crippen LogP contribution is 2.37. The zero-order valence-electron chi connectivity index (χ0n) is 18.4. The number of aromatic nitrogens is 3. The monoisotopic (exact) mass is 459 g/mol. The van der Waals surface area contributed by atoms with E-state index in [1.165, 1.54) is 0 Å². The average molecular weight is 460 g/mol. The lowest BCUT2D eigenvalue weighted by Crippen LogP contribution is -2.29. The molecule has 0 spiro atoms. The molecular weight excluding hydrogens is 429 g/mol. The summed E-state index contributed by atoms with van der Waals surface area (Å²) >= 11 is 1.16. The van der Waals surface area contributed by atoms with Gasteiger partial charge in [0.15, 0.2) is 6.23 Å². The Morgan fingerprint density at radius 3 is 2.94 bits per heavy atom. The number of thiazole rings is 1. The Morgan fingerprint density at radius 2 is 2.16 bits per heavy atom. The number of nitrogens with two attached hydrogens (primary N) is 2. The van der Waals surface area contributed by atoms with Gasteiger partial charge in [0.05, 0.1) is 11.9 Å². The van der Waals surface area contributed by atoms with E-state index in [4.69, 9.17) is 11.5 Å². The highest BCUT2D eigenvalue weighted by atomic mass is 32.1. The van der Waals surface area contributed by atoms with Crippen molar-refractivity contribution in [1.29, 1.82) is 0 Å². The van der Waals surface area contributed by atoms with Crippen molar-refractivity contribution in [1.82, 2.24) is 14.8 Å². The normalized spacial score (nSPS) is 17.9. The second-order valence-corrected chi connectivity index (χ2v) is 9.16. The number of nitrogens with zero attached hydrogens (tertiary/aromatic N) is 4. The Morgan fingerprint density at radius 1 is 1.34 bits per heavy atom. The summed E-state index contributed by atoms with van der Waals surface area (Å²) in [6.07, 6.45) is 4.00. The van der Waals surface area contributed by atoms with Gasteiger partial charge in [-0.25, -0.2) is 9.37 Å². The maximum atomic E-state index is 14.8. The summed E-state index contributed by atoms with van der Waals surface area (Å²) in [6.45, 7) is 3.59. The standard InChI is InChI=1S/C22H30FN7OS/c1-3-13-6-4-8-15(17(13)23)21-28-18(19(25)32-21)20(31)27-16-12-26-29(2)22(16)30-10-5-7-14(24)9-11-30/h4,6,8,12,14,20,27,31H,3,5,7,9-11,24-25H2,1-2H3/t14-,20?/m1/s1. The smallest absolute Gasteiger partial charge is 0.171 e. The van der Waals surface area contributed by atoms with Gasteiger partial charge in [-0.05, 0) is 37.3 Å². The average Bonchev–Trinajstić information content (AvgIpc) is 3.25. The molecule has 3 aromatic rings. The molecule has 0 amide bonds. The zero-order valence-corrected chi connectivity index (χ0v) is 19.2. The van der Waals surface area contributed by atoms with Crippen molar-refractivity contribution in [3.63, 3.8) is 0 Å². The summed E-state index contributed by atoms with van der Waals surface area (Å²) < 4.78 is 16.6. The third kappa shape index (κ3) is 4.43. The lowest BCUT2D eigenvalue weighted by Gasteiger charge is -2.25. The molecule has 1 aliphatic heterocycles. The molecule has 8 nitrogen and oxygen atoms in total. The first kappa shape index (κ1) is 22.5. The molecule has 1 fully saturated rings. The third-order valence-corrected chi connectivity index (χ3v) is 6.84. The summed E-state index contributed by atoms with van der Waals surface area (Å²) in [7, 11) is 1.87. The Hall–Kier alpha value is -2.69. The van der Waals surface area contributed by atoms with Gasteiger partial charge < -0.3 is 26.8 Å². The Labute approximate surface area is 191 Å². The first-order valence-electron chi connectivity index (χ1n) is 10.9. The predicted molar refractivity (Wildman–Crippen MR) is 127 cm³/mol. The van der Waals surface area contributed by atoms with Crippen molar-refractivity contribution in [2.75, 3.05) is 29.0 Å². The fraction of sp³-hybridized carbons (Fsp3) is 0.455. The van der Waals surface area contributed by atoms with Crippen LogP contribution in [0.4, 0.5) is 20.9 Å². The largest absolute Gasteiger partial charge is 0.389 e. The van der Waals surface area contributed by atoms with Gasteiger partial charge in [-0.2, -0.15) is 5.10 Å². The summed E-state index contributed by atoms with van der Waals surface area (Å²) in [6, 6.07) is 5.44. The molecular formula is C22H30FN7OS. The predicted octanol–water partition coefficient (Wildman–Crippen LogP) is 3.25. The Bertz CT molecular complexity index is 1080. The molecule has 2 atom stereocenters. The number of hydrogen-bond acceptors (Lipinski definition) is 8. The summed E-state index contributed by atoms with van der Waals surface area (Å²) in [4.78, 5) is 6.70. The van der Waals surface area contributed by atoms with Crippen LogP contribution >= 0.6 is 11.3 Å². The van der Waals surface area contributed by atoms with Crippen LogP contribution < -0.4 is 21.7 Å². The maximum Gasteiger partial charge on any atom is 0.171 e. The van der Waals surface area contributed by atoms with E-state index in [0.717, 1.165) is 49.5 Å². The van der Waals surface area contributed by atoms with Crippen LogP contribution in [0.15, 0.2) is 24.4 Å². The van der Waals surface area contributed by atoms with Crippen LogP contribution in [0.1, 0.15) is 43.7 Å². The molecule has 172 valence electrons. The van der Waals surface area contributed by atoms with Gasteiger partial charge >= 0.3 is 0 Å². The number of anilines is 3. The van der Waals surface area contributed by atoms with Crippen LogP contribution in [0, 0.1) is 5.82 Å². The van der Waals surface area contributed by atoms with E-state index in [-0.39, 0.29) is 17.6 Å². The zero-order chi connectivity index (χ0) is 22.8. The van der Waals surface area contributed by atoms with E-state index < -0.39 is 6.23 Å². The number of benzene rings is 1. The summed E-state index contributed by atoms with van der Waals surface area (Å²) in [5.74, 6) is 0.584. The van der Waals surface area contributed by atoms with Crippen LogP contribution in [-0.2, 0) is 13.5 Å². The van der Waals surface area contributed by atoms with Gasteiger partial charge in [0, 0.05) is 31.7 Å². The van der Waals surface area contributed by atoms with Gasteiger partial charge in [0.25, 0.3) is 0 Å². The number of rotatable bonds is 6. The van der Waals surface area contributed by atoms with E-state index >= 15 is 0 Å². The number of nitrogen functional groups attached to an aromatic ring is 1. The van der Waals surface area contributed by atoms with E-state index in [1.807, 2.05) is 14.0 Å². The quantitative estimate of drug-likeness (QED) is 0.418. The Kier molecular flexibility index (Phi) is 6.63. The number of aliphatic hydroxyl groups excluding tert-OH is 1. The minimum absolute atomic E-state index is 0.204. The maximum absolute atomic E-state index is 14.8. The molecule has 1 aliphatic rings. The van der Waals surface area contributed by atoms with Crippen molar-refractivity contribution in [3.05, 3.63) is 41.5 Å². The van der Waals surface area contributed by atoms with Crippen LogP contribution in [-0.4, -0.2) is 39.0 Å². The molecule has 3 heterocycles. The topological polar surface area (TPSA) is 118 Å². The number of aliphatic hydroxyl groups is 1. The first-order valence-corrected chi connectivity index (χ1v) is 11.7. The molecule has 0 radical (unpaired) electrons. The Balaban J connectivity index is 1.58. The third-order valence-electron chi connectivity index (χ3n) is 5.90. The molecule has 0 aliphatic carbocycles. The molecule has 10 heteroatoms. The number of hydrogen-bond donors (Lipinski definition) is 4. The van der Waals surface area contributed by atoms with Gasteiger partial charge in [-0.1, -0.05) is 30.4 Å². The van der Waals surface area contributed by atoms with Crippen LogP contribution in [0.5, 0.6) is 0 Å². The van der Waals surface area contributed by atoms with Gasteiger partial charge in [0.1, 0.15) is 27.3 Å². The van der Waals surface area contributed by atoms with Gasteiger partial charge in [0.2, 0.25) is 0 Å². The molecule has 1 aromatic carbocycles. The highest BCUT2D eigenvalue weighted by molar-refractivity contribution is 7.18. The fourth-order valence-corrected chi connectivity index (χ4v) is 5.01. The molecule has 0 saturated carbocycles. The lowest BCUT2D eigenvalue weighted by molar-refractivity contribution is 0.205. The van der Waals surface area contributed by atoms with Crippen LogP contribution in [0.3, 0.4) is 0 Å². The van der Waals surface area contributed by atoms with Crippen LogP contribution in [0.25, 0.3) is 10.6 Å². The highest BCUT2D eigenvalue weighted by Gasteiger charge is 2.24. The second-order valence-electron chi connectivity index (χ2n) is 8.13. The van der Waals surface area contributed by atoms with Crippen molar-refractivity contribution in [2.45, 2.75) is 44.9 Å². The number of nitrogens with one attached hydrogen (secondary N) is 1. The van der Waals surface area contributed by atoms with Gasteiger partial charge in [-0.15, -0.1) is 0 Å². The number of halogens is 1. The minimum Gasteiger partial charge on any atom is -0.389 e. The van der Waals surface area contributed by atoms with Gasteiger partial charge in [-0.3, -0.25) is 4.68 Å². The van der Waals surface area contributed by atoms with E-state index in [9.17, 15) is 9.50 Å². The molecule has 2 aromatic heterocycles. The van der Waals surface area contributed by atoms with E-state index in [1.54, 1.807) is 29.1 Å². The molecule has 1 saturated heterocycles. The first-order chi connectivity index (χ1) is 15.4. The second kappa shape index (κ2) is 9.43. The molecule has 4 rings (SSSR count). The summed E-state index contributed by atoms with van der Waals surface area (Å²) in [5.41, 5.74) is 14.3. The fourth-order valence-electron chi connectivity index (χ4n) is 4.13. The number of aryl methyl sites for hydroxylation is 2. The van der Waals surface area contributed by atoms with Crippen LogP contribution in [0.2, 0.25) is 0 Å². The molecule has 0 bridgehead atoms. The lowest BCUT2D eigenvalue weighted by atomic mass is 10.1. The van der Waals surface area contributed by atoms with E-state index in [2.05, 4.69) is 20.3 Å². The molecule has 32 heavy (non-hydrogen) atoms. The molecule has 1 unspecified atom stereocenters. The minimum atomic E-state index is -1.16. The molecule has 6 N–H and O–H groups in total. The summed E-state index contributed by atoms with van der Waals surface area (Å²) in [5, 5.41) is 19.1. The van der Waals surface area contributed by atoms with E-state index in [0.29, 0.717) is 33.2 Å².